The van der Waals surface area contributed by atoms with Crippen LogP contribution < -0.4 is 10.1 Å². The molecule has 1 unspecified atom stereocenters. The number of nitrogens with one attached hydrogen (secondary N) is 1. The second-order valence-electron chi connectivity index (χ2n) is 7.75. The average molecular weight is 465 g/mol. The minimum Gasteiger partial charge on any atom is -0.495 e. The zero-order valence-corrected chi connectivity index (χ0v) is 20.0. The molecule has 0 aromatic heterocycles. The Kier molecular flexibility index (Phi) is 7.68. The molecular formula is C26H28N2O4S. The molecular weight excluding hydrogens is 436 g/mol. The number of carbonyl (C=O) groups is 1. The average Bonchev–Trinajstić information content (AvgIpc) is 2.83. The number of methoxy groups -OCH3 is 1. The summed E-state index contributed by atoms with van der Waals surface area (Å²) >= 11 is 0. The van der Waals surface area contributed by atoms with Crippen LogP contribution in [0.2, 0.25) is 0 Å². The van der Waals surface area contributed by atoms with Gasteiger partial charge in [0.05, 0.1) is 13.2 Å². The lowest BCUT2D eigenvalue weighted by Crippen LogP contribution is -2.24. The predicted molar refractivity (Wildman–Crippen MR) is 131 cm³/mol. The maximum Gasteiger partial charge on any atom is 0.246 e. The molecule has 0 bridgehead atoms. The van der Waals surface area contributed by atoms with Crippen LogP contribution in [-0.4, -0.2) is 39.8 Å². The SMILES string of the molecule is COc1ccc(C=CC(=O)NC(C)c2ccc(-c3ccccc3)cc2)cc1S(=O)(=O)N(C)C. The van der Waals surface area contributed by atoms with Crippen LogP contribution in [0.15, 0.2) is 83.8 Å². The van der Waals surface area contributed by atoms with E-state index in [0.29, 0.717) is 5.56 Å². The van der Waals surface area contributed by atoms with E-state index in [9.17, 15) is 13.2 Å². The van der Waals surface area contributed by atoms with Crippen LogP contribution in [0.5, 0.6) is 5.75 Å². The van der Waals surface area contributed by atoms with Gasteiger partial charge in [-0.05, 0) is 47.4 Å². The fourth-order valence-corrected chi connectivity index (χ4v) is 4.39. The van der Waals surface area contributed by atoms with Crippen LogP contribution in [0.1, 0.15) is 24.1 Å². The molecule has 0 fully saturated rings. The summed E-state index contributed by atoms with van der Waals surface area (Å²) in [6.07, 6.45) is 2.97. The highest BCUT2D eigenvalue weighted by atomic mass is 32.2. The number of rotatable bonds is 8. The van der Waals surface area contributed by atoms with Crippen LogP contribution in [0, 0.1) is 0 Å². The highest BCUT2D eigenvalue weighted by Gasteiger charge is 2.22. The van der Waals surface area contributed by atoms with Crippen molar-refractivity contribution in [2.75, 3.05) is 21.2 Å². The molecule has 7 heteroatoms. The molecule has 172 valence electrons. The first-order valence-electron chi connectivity index (χ1n) is 10.5. The van der Waals surface area contributed by atoms with E-state index in [4.69, 9.17) is 4.74 Å². The minimum atomic E-state index is -3.69. The summed E-state index contributed by atoms with van der Waals surface area (Å²) in [5, 5.41) is 2.93. The van der Waals surface area contributed by atoms with Gasteiger partial charge < -0.3 is 10.1 Å². The molecule has 0 heterocycles. The Bertz CT molecular complexity index is 1240. The predicted octanol–water partition coefficient (Wildman–Crippen LogP) is 4.50. The van der Waals surface area contributed by atoms with Gasteiger partial charge in [-0.2, -0.15) is 0 Å². The molecule has 0 radical (unpaired) electrons. The molecule has 0 saturated heterocycles. The van der Waals surface area contributed by atoms with Gasteiger partial charge >= 0.3 is 0 Å². The topological polar surface area (TPSA) is 75.7 Å². The smallest absolute Gasteiger partial charge is 0.246 e. The van der Waals surface area contributed by atoms with Gasteiger partial charge in [0.1, 0.15) is 10.6 Å². The molecule has 0 aliphatic carbocycles. The molecule has 0 spiro atoms. The van der Waals surface area contributed by atoms with Crippen molar-refractivity contribution in [1.29, 1.82) is 0 Å². The monoisotopic (exact) mass is 464 g/mol. The Hall–Kier alpha value is -3.42. The Labute approximate surface area is 195 Å². The van der Waals surface area contributed by atoms with Crippen molar-refractivity contribution in [1.82, 2.24) is 9.62 Å². The number of nitrogens with zero attached hydrogens (tertiary/aromatic N) is 1. The van der Waals surface area contributed by atoms with Gasteiger partial charge in [-0.25, -0.2) is 12.7 Å². The van der Waals surface area contributed by atoms with Crippen LogP contribution in [0.25, 0.3) is 17.2 Å². The quantitative estimate of drug-likeness (QED) is 0.498. The van der Waals surface area contributed by atoms with E-state index in [1.807, 2.05) is 49.4 Å². The molecule has 3 aromatic carbocycles. The molecule has 3 rings (SSSR count). The Morgan fingerprint density at radius 2 is 1.61 bits per heavy atom. The fourth-order valence-electron chi connectivity index (χ4n) is 3.31. The van der Waals surface area contributed by atoms with Gasteiger partial charge in [0.25, 0.3) is 0 Å². The molecule has 0 aliphatic rings. The van der Waals surface area contributed by atoms with Gasteiger partial charge in [0.2, 0.25) is 15.9 Å². The molecule has 0 saturated carbocycles. The van der Waals surface area contributed by atoms with Crippen molar-refractivity contribution in [3.05, 3.63) is 90.0 Å². The molecule has 1 N–H and O–H groups in total. The summed E-state index contributed by atoms with van der Waals surface area (Å²) in [6, 6.07) is 22.7. The zero-order valence-electron chi connectivity index (χ0n) is 19.1. The van der Waals surface area contributed by atoms with Gasteiger partial charge in [-0.1, -0.05) is 60.7 Å². The van der Waals surface area contributed by atoms with Crippen molar-refractivity contribution in [3.8, 4) is 16.9 Å². The van der Waals surface area contributed by atoms with Crippen molar-refractivity contribution < 1.29 is 17.9 Å². The van der Waals surface area contributed by atoms with Crippen molar-refractivity contribution in [3.63, 3.8) is 0 Å². The number of amides is 1. The summed E-state index contributed by atoms with van der Waals surface area (Å²) in [5.41, 5.74) is 3.81. The first-order valence-corrected chi connectivity index (χ1v) is 11.9. The molecule has 1 amide bonds. The third kappa shape index (κ3) is 5.88. The fraction of sp³-hybridized carbons (Fsp3) is 0.192. The molecule has 33 heavy (non-hydrogen) atoms. The van der Waals surface area contributed by atoms with Crippen LogP contribution in [0.3, 0.4) is 0 Å². The number of hydrogen-bond acceptors (Lipinski definition) is 4. The maximum atomic E-state index is 12.6. The summed E-state index contributed by atoms with van der Waals surface area (Å²) in [6.45, 7) is 1.92. The molecule has 6 nitrogen and oxygen atoms in total. The number of sulfonamides is 1. The Morgan fingerprint density at radius 3 is 2.21 bits per heavy atom. The van der Waals surface area contributed by atoms with Gasteiger partial charge in [0.15, 0.2) is 0 Å². The molecule has 0 aliphatic heterocycles. The van der Waals surface area contributed by atoms with E-state index in [0.717, 1.165) is 21.0 Å². The number of benzene rings is 3. The lowest BCUT2D eigenvalue weighted by molar-refractivity contribution is -0.117. The van der Waals surface area contributed by atoms with Gasteiger partial charge in [-0.3, -0.25) is 4.79 Å². The van der Waals surface area contributed by atoms with E-state index >= 15 is 0 Å². The Balaban J connectivity index is 1.70. The summed E-state index contributed by atoms with van der Waals surface area (Å²) < 4.78 is 31.4. The lowest BCUT2D eigenvalue weighted by Gasteiger charge is -2.15. The largest absolute Gasteiger partial charge is 0.495 e. The third-order valence-corrected chi connectivity index (χ3v) is 7.09. The van der Waals surface area contributed by atoms with Gasteiger partial charge in [-0.15, -0.1) is 0 Å². The first-order chi connectivity index (χ1) is 15.7. The zero-order chi connectivity index (χ0) is 24.0. The normalized spacial score (nSPS) is 12.6. The minimum absolute atomic E-state index is 0.0458. The van der Waals surface area contributed by atoms with Crippen LogP contribution in [0.4, 0.5) is 0 Å². The molecule has 1 atom stereocenters. The Morgan fingerprint density at radius 1 is 0.970 bits per heavy atom. The summed E-state index contributed by atoms with van der Waals surface area (Å²) in [5.74, 6) is -0.0275. The van der Waals surface area contributed by atoms with E-state index in [1.54, 1.807) is 18.2 Å². The third-order valence-electron chi connectivity index (χ3n) is 5.25. The second kappa shape index (κ2) is 10.5. The van der Waals surface area contributed by atoms with Crippen molar-refractivity contribution in [2.45, 2.75) is 17.9 Å². The highest BCUT2D eigenvalue weighted by Crippen LogP contribution is 2.27. The second-order valence-corrected chi connectivity index (χ2v) is 9.87. The van der Waals surface area contributed by atoms with Crippen molar-refractivity contribution >= 4 is 22.0 Å². The van der Waals surface area contributed by atoms with Crippen molar-refractivity contribution in [2.24, 2.45) is 0 Å². The lowest BCUT2D eigenvalue weighted by atomic mass is 10.0. The maximum absolute atomic E-state index is 12.6. The number of ether oxygens (including phenoxy) is 1. The van der Waals surface area contributed by atoms with Crippen LogP contribution >= 0.6 is 0 Å². The van der Waals surface area contributed by atoms with E-state index < -0.39 is 10.0 Å². The highest BCUT2D eigenvalue weighted by molar-refractivity contribution is 7.89. The first kappa shape index (κ1) is 24.2. The summed E-state index contributed by atoms with van der Waals surface area (Å²) in [4.78, 5) is 12.5. The number of carbonyl (C=O) groups excluding carboxylic acids is 1. The molecule has 3 aromatic rings. The van der Waals surface area contributed by atoms with E-state index in [1.165, 1.54) is 33.3 Å². The van der Waals surface area contributed by atoms with Gasteiger partial charge in [0, 0.05) is 20.2 Å². The summed E-state index contributed by atoms with van der Waals surface area (Å²) in [7, 11) is 0.646. The van der Waals surface area contributed by atoms with E-state index in [-0.39, 0.29) is 22.6 Å². The van der Waals surface area contributed by atoms with E-state index in [2.05, 4.69) is 17.4 Å². The van der Waals surface area contributed by atoms with Crippen LogP contribution in [-0.2, 0) is 14.8 Å². The number of hydrogen-bond donors (Lipinski definition) is 1. The standard InChI is InChI=1S/C26H28N2O4S/c1-19(21-12-14-23(15-13-21)22-8-6-5-7-9-22)27-26(29)17-11-20-10-16-24(32-4)25(18-20)33(30,31)28(2)3/h5-19H,1-4H3,(H,27,29).